The van der Waals surface area contributed by atoms with Gasteiger partial charge in [-0.1, -0.05) is 19.9 Å². The Balaban J connectivity index is 2.09. The lowest BCUT2D eigenvalue weighted by molar-refractivity contribution is -0.0512. The molecule has 136 valence electrons. The normalized spacial score (nSPS) is 11.0. The summed E-state index contributed by atoms with van der Waals surface area (Å²) in [6, 6.07) is 4.54. The molecule has 0 fully saturated rings. The van der Waals surface area contributed by atoms with E-state index in [9.17, 15) is 13.6 Å². The summed E-state index contributed by atoms with van der Waals surface area (Å²) in [6.45, 7) is 1.11. The Hall–Kier alpha value is -2.16. The number of alkyl halides is 2. The number of halogens is 3. The number of rotatable bonds is 7. The minimum atomic E-state index is -2.96. The third-order valence-corrected chi connectivity index (χ3v) is 4.22. The molecule has 6 nitrogen and oxygen atoms in total. The summed E-state index contributed by atoms with van der Waals surface area (Å²) in [5, 5.41) is 9.52. The van der Waals surface area contributed by atoms with Gasteiger partial charge in [-0.15, -0.1) is 0 Å². The van der Waals surface area contributed by atoms with Crippen molar-refractivity contribution in [1.29, 1.82) is 0 Å². The molecule has 0 saturated carbocycles. The second-order valence-electron chi connectivity index (χ2n) is 5.50. The van der Waals surface area contributed by atoms with Crippen molar-refractivity contribution in [1.82, 2.24) is 15.5 Å². The highest BCUT2D eigenvalue weighted by Crippen LogP contribution is 2.29. The van der Waals surface area contributed by atoms with Crippen LogP contribution in [0.4, 0.5) is 8.78 Å². The van der Waals surface area contributed by atoms with E-state index in [2.05, 4.69) is 36.2 Å². The van der Waals surface area contributed by atoms with Crippen LogP contribution in [0.1, 0.15) is 41.5 Å². The number of hydrogen-bond acceptors (Lipinski definition) is 4. The first-order chi connectivity index (χ1) is 11.8. The summed E-state index contributed by atoms with van der Waals surface area (Å²) in [7, 11) is 1.36. The van der Waals surface area contributed by atoms with Crippen LogP contribution in [0.25, 0.3) is 0 Å². The molecule has 1 amide bonds. The van der Waals surface area contributed by atoms with E-state index in [4.69, 9.17) is 4.74 Å². The fraction of sp³-hybridized carbons (Fsp3) is 0.375. The SMILES string of the molecule is COc1ccc(CNC(=O)c2n[nH]c(C(C)C)c2Br)cc1OC(F)F. The van der Waals surface area contributed by atoms with Crippen LogP contribution in [-0.4, -0.2) is 29.8 Å². The second-order valence-corrected chi connectivity index (χ2v) is 6.29. The van der Waals surface area contributed by atoms with Crippen molar-refractivity contribution in [3.05, 3.63) is 39.6 Å². The Bertz CT molecular complexity index is 750. The Morgan fingerprint density at radius 2 is 2.08 bits per heavy atom. The first-order valence-electron chi connectivity index (χ1n) is 7.47. The average molecular weight is 418 g/mol. The fourth-order valence-electron chi connectivity index (χ4n) is 2.16. The number of hydrogen-bond donors (Lipinski definition) is 2. The quantitative estimate of drug-likeness (QED) is 0.717. The number of aromatic nitrogens is 2. The summed E-state index contributed by atoms with van der Waals surface area (Å²) in [6.07, 6.45) is 0. The van der Waals surface area contributed by atoms with Crippen LogP contribution in [0.5, 0.6) is 11.5 Å². The maximum Gasteiger partial charge on any atom is 0.387 e. The summed E-state index contributed by atoms with van der Waals surface area (Å²) < 4.78 is 34.9. The highest BCUT2D eigenvalue weighted by molar-refractivity contribution is 9.10. The topological polar surface area (TPSA) is 76.2 Å². The van der Waals surface area contributed by atoms with Crippen molar-refractivity contribution >= 4 is 21.8 Å². The van der Waals surface area contributed by atoms with Gasteiger partial charge >= 0.3 is 6.61 Å². The molecule has 0 spiro atoms. The maximum absolute atomic E-state index is 12.5. The summed E-state index contributed by atoms with van der Waals surface area (Å²) in [5.41, 5.74) is 1.64. The summed E-state index contributed by atoms with van der Waals surface area (Å²) in [5.74, 6) is -0.111. The molecule has 2 N–H and O–H groups in total. The molecule has 2 rings (SSSR count). The molecule has 0 saturated heterocycles. The molecule has 0 aliphatic rings. The summed E-state index contributed by atoms with van der Waals surface area (Å²) in [4.78, 5) is 12.3. The number of nitrogens with one attached hydrogen (secondary N) is 2. The van der Waals surface area contributed by atoms with Gasteiger partial charge in [0.2, 0.25) is 0 Å². The number of ether oxygens (including phenoxy) is 2. The van der Waals surface area contributed by atoms with E-state index < -0.39 is 6.61 Å². The molecule has 0 aliphatic carbocycles. The molecule has 0 unspecified atom stereocenters. The van der Waals surface area contributed by atoms with Crippen molar-refractivity contribution in [2.24, 2.45) is 0 Å². The van der Waals surface area contributed by atoms with Crippen molar-refractivity contribution in [3.8, 4) is 11.5 Å². The number of amides is 1. The number of carbonyl (C=O) groups is 1. The van der Waals surface area contributed by atoms with Gasteiger partial charge in [-0.2, -0.15) is 13.9 Å². The molecular formula is C16H18BrF2N3O3. The van der Waals surface area contributed by atoms with E-state index in [1.165, 1.54) is 19.2 Å². The first kappa shape index (κ1) is 19.2. The molecule has 1 aromatic heterocycles. The Morgan fingerprint density at radius 3 is 2.64 bits per heavy atom. The van der Waals surface area contributed by atoms with E-state index >= 15 is 0 Å². The minimum Gasteiger partial charge on any atom is -0.493 e. The van der Waals surface area contributed by atoms with Crippen LogP contribution in [-0.2, 0) is 6.54 Å². The van der Waals surface area contributed by atoms with E-state index in [-0.39, 0.29) is 35.6 Å². The van der Waals surface area contributed by atoms with Crippen LogP contribution in [0.15, 0.2) is 22.7 Å². The zero-order valence-corrected chi connectivity index (χ0v) is 15.5. The largest absolute Gasteiger partial charge is 0.493 e. The third-order valence-electron chi connectivity index (χ3n) is 3.42. The highest BCUT2D eigenvalue weighted by Gasteiger charge is 2.19. The molecular weight excluding hydrogens is 400 g/mol. The third kappa shape index (κ3) is 4.68. The van der Waals surface area contributed by atoms with Crippen LogP contribution < -0.4 is 14.8 Å². The molecule has 0 bridgehead atoms. The predicted molar refractivity (Wildman–Crippen MR) is 91.2 cm³/mol. The average Bonchev–Trinajstić information content (AvgIpc) is 2.94. The van der Waals surface area contributed by atoms with Crippen molar-refractivity contribution in [2.45, 2.75) is 32.9 Å². The monoisotopic (exact) mass is 417 g/mol. The Morgan fingerprint density at radius 1 is 1.36 bits per heavy atom. The van der Waals surface area contributed by atoms with Gasteiger partial charge in [-0.25, -0.2) is 0 Å². The Kier molecular flexibility index (Phi) is 6.35. The molecule has 1 heterocycles. The van der Waals surface area contributed by atoms with Crippen LogP contribution in [0, 0.1) is 0 Å². The van der Waals surface area contributed by atoms with Gasteiger partial charge in [0.15, 0.2) is 17.2 Å². The van der Waals surface area contributed by atoms with Gasteiger partial charge in [0, 0.05) is 6.54 Å². The second kappa shape index (κ2) is 8.28. The van der Waals surface area contributed by atoms with E-state index in [0.29, 0.717) is 10.0 Å². The highest BCUT2D eigenvalue weighted by atomic mass is 79.9. The van der Waals surface area contributed by atoms with Gasteiger partial charge in [0.1, 0.15) is 0 Å². The number of carbonyl (C=O) groups excluding carboxylic acids is 1. The molecule has 1 aromatic carbocycles. The van der Waals surface area contributed by atoms with E-state index in [1.807, 2.05) is 13.8 Å². The molecule has 0 aliphatic heterocycles. The van der Waals surface area contributed by atoms with Crippen molar-refractivity contribution < 1.29 is 23.0 Å². The van der Waals surface area contributed by atoms with Crippen LogP contribution in [0.2, 0.25) is 0 Å². The Labute approximate surface area is 152 Å². The maximum atomic E-state index is 12.5. The predicted octanol–water partition coefficient (Wildman–Crippen LogP) is 3.84. The number of H-pyrrole nitrogens is 1. The summed E-state index contributed by atoms with van der Waals surface area (Å²) >= 11 is 3.36. The zero-order chi connectivity index (χ0) is 18.6. The molecule has 25 heavy (non-hydrogen) atoms. The van der Waals surface area contributed by atoms with Crippen molar-refractivity contribution in [3.63, 3.8) is 0 Å². The van der Waals surface area contributed by atoms with E-state index in [0.717, 1.165) is 5.69 Å². The van der Waals surface area contributed by atoms with Gasteiger partial charge < -0.3 is 14.8 Å². The van der Waals surface area contributed by atoms with Crippen LogP contribution in [0.3, 0.4) is 0 Å². The molecule has 9 heteroatoms. The first-order valence-corrected chi connectivity index (χ1v) is 8.26. The van der Waals surface area contributed by atoms with Gasteiger partial charge in [0.05, 0.1) is 17.3 Å². The minimum absolute atomic E-state index is 0.0905. The van der Waals surface area contributed by atoms with Crippen LogP contribution >= 0.6 is 15.9 Å². The number of nitrogens with zero attached hydrogens (tertiary/aromatic N) is 1. The zero-order valence-electron chi connectivity index (χ0n) is 13.9. The number of benzene rings is 1. The van der Waals surface area contributed by atoms with Gasteiger partial charge in [-0.3, -0.25) is 9.89 Å². The smallest absolute Gasteiger partial charge is 0.387 e. The van der Waals surface area contributed by atoms with E-state index in [1.54, 1.807) is 6.07 Å². The molecule has 0 radical (unpaired) electrons. The van der Waals surface area contributed by atoms with Crippen molar-refractivity contribution in [2.75, 3.05) is 7.11 Å². The lowest BCUT2D eigenvalue weighted by Crippen LogP contribution is -2.23. The lowest BCUT2D eigenvalue weighted by Gasteiger charge is -2.12. The standard InChI is InChI=1S/C16H18BrF2N3O3/c1-8(2)13-12(17)14(22-21-13)15(23)20-7-9-4-5-10(24-3)11(6-9)25-16(18)19/h4-6,8,16H,7H2,1-3H3,(H,20,23)(H,21,22). The molecule has 2 aromatic rings. The lowest BCUT2D eigenvalue weighted by atomic mass is 10.1. The molecule has 0 atom stereocenters. The fourth-order valence-corrected chi connectivity index (χ4v) is 2.98. The van der Waals surface area contributed by atoms with Gasteiger partial charge in [-0.05, 0) is 39.5 Å². The van der Waals surface area contributed by atoms with Gasteiger partial charge in [0.25, 0.3) is 5.91 Å². The number of aromatic amines is 1. The number of methoxy groups -OCH3 is 1.